The molecule has 1 saturated heterocycles. The highest BCUT2D eigenvalue weighted by Crippen LogP contribution is 2.43. The lowest BCUT2D eigenvalue weighted by Crippen LogP contribution is -2.52. The fourth-order valence-electron chi connectivity index (χ4n) is 4.64. The number of sulfonamides is 1. The van der Waals surface area contributed by atoms with Gasteiger partial charge in [-0.3, -0.25) is 4.31 Å². The summed E-state index contributed by atoms with van der Waals surface area (Å²) in [5.74, 6) is -1.37. The molecule has 38 heavy (non-hydrogen) atoms. The Balaban J connectivity index is 1.61. The Kier molecular flexibility index (Phi) is 6.60. The molecule has 0 radical (unpaired) electrons. The summed E-state index contributed by atoms with van der Waals surface area (Å²) < 4.78 is 108. The highest BCUT2D eigenvalue weighted by molar-refractivity contribution is 7.92. The summed E-state index contributed by atoms with van der Waals surface area (Å²) in [6, 6.07) is 10.3. The van der Waals surface area contributed by atoms with Gasteiger partial charge in [0.05, 0.1) is 42.5 Å². The average molecular weight is 556 g/mol. The van der Waals surface area contributed by atoms with Crippen LogP contribution in [-0.4, -0.2) is 46.0 Å². The second kappa shape index (κ2) is 9.51. The van der Waals surface area contributed by atoms with Gasteiger partial charge in [0.1, 0.15) is 23.5 Å². The Morgan fingerprint density at radius 1 is 1.03 bits per heavy atom. The minimum Gasteiger partial charge on any atom is -0.486 e. The average Bonchev–Trinajstić information content (AvgIpc) is 2.86. The molecule has 1 unspecified atom stereocenters. The van der Waals surface area contributed by atoms with Crippen LogP contribution in [0, 0.1) is 17.0 Å². The van der Waals surface area contributed by atoms with Crippen LogP contribution in [-0.2, 0) is 20.9 Å². The second-order valence-electron chi connectivity index (χ2n) is 9.46. The highest BCUT2D eigenvalue weighted by Gasteiger charge is 2.44. The van der Waals surface area contributed by atoms with E-state index in [1.807, 2.05) is 0 Å². The molecule has 202 valence electrons. The van der Waals surface area contributed by atoms with Gasteiger partial charge in [-0.05, 0) is 60.5 Å². The number of fused-ring (bicyclic) bond motifs is 1. The molecule has 0 bridgehead atoms. The van der Waals surface area contributed by atoms with Gasteiger partial charge in [0.15, 0.2) is 0 Å². The van der Waals surface area contributed by atoms with Crippen molar-refractivity contribution in [2.45, 2.75) is 23.6 Å². The zero-order valence-electron chi connectivity index (χ0n) is 19.7. The molecule has 1 fully saturated rings. The Bertz CT molecular complexity index is 1470. The summed E-state index contributed by atoms with van der Waals surface area (Å²) in [5.41, 5.74) is -1.80. The SMILES string of the molecule is O=S(=O)(c1cccc(C(F)(F)F)c1)N1CC(CC2(CO)COC2)Oc2ccc(-c3cc(F)ccc3F)cc21. The zero-order chi connectivity index (χ0) is 27.3. The van der Waals surface area contributed by atoms with E-state index in [2.05, 4.69) is 0 Å². The summed E-state index contributed by atoms with van der Waals surface area (Å²) in [4.78, 5) is -0.592. The third-order valence-electron chi connectivity index (χ3n) is 6.69. The first-order valence-corrected chi connectivity index (χ1v) is 13.0. The van der Waals surface area contributed by atoms with E-state index in [0.29, 0.717) is 6.07 Å². The van der Waals surface area contributed by atoms with Gasteiger partial charge in [-0.2, -0.15) is 13.2 Å². The maximum Gasteiger partial charge on any atom is 0.416 e. The molecule has 0 spiro atoms. The van der Waals surface area contributed by atoms with Gasteiger partial charge in [-0.25, -0.2) is 17.2 Å². The molecular weight excluding hydrogens is 533 g/mol. The van der Waals surface area contributed by atoms with Crippen molar-refractivity contribution in [2.75, 3.05) is 30.7 Å². The van der Waals surface area contributed by atoms with E-state index < -0.39 is 49.8 Å². The number of benzene rings is 3. The van der Waals surface area contributed by atoms with E-state index >= 15 is 0 Å². The van der Waals surface area contributed by atoms with Gasteiger partial charge in [0.2, 0.25) is 0 Å². The smallest absolute Gasteiger partial charge is 0.416 e. The first-order chi connectivity index (χ1) is 17.9. The Morgan fingerprint density at radius 2 is 1.79 bits per heavy atom. The van der Waals surface area contributed by atoms with Crippen LogP contribution >= 0.6 is 0 Å². The highest BCUT2D eigenvalue weighted by atomic mass is 32.2. The molecule has 1 N–H and O–H groups in total. The Labute approximate surface area is 215 Å². The molecule has 6 nitrogen and oxygen atoms in total. The lowest BCUT2D eigenvalue weighted by Gasteiger charge is -2.44. The monoisotopic (exact) mass is 555 g/mol. The number of rotatable bonds is 6. The summed E-state index contributed by atoms with van der Waals surface area (Å²) in [7, 11) is -4.57. The van der Waals surface area contributed by atoms with Crippen molar-refractivity contribution in [2.24, 2.45) is 5.41 Å². The first kappa shape index (κ1) is 26.4. The van der Waals surface area contributed by atoms with E-state index in [1.54, 1.807) is 0 Å². The number of halogens is 5. The van der Waals surface area contributed by atoms with Gasteiger partial charge in [-0.1, -0.05) is 12.1 Å². The van der Waals surface area contributed by atoms with E-state index in [0.717, 1.165) is 40.7 Å². The lowest BCUT2D eigenvalue weighted by atomic mass is 9.81. The van der Waals surface area contributed by atoms with Crippen LogP contribution in [0.4, 0.5) is 27.6 Å². The number of ether oxygens (including phenoxy) is 2. The fourth-order valence-corrected chi connectivity index (χ4v) is 6.18. The van der Waals surface area contributed by atoms with Crippen LogP contribution in [0.2, 0.25) is 0 Å². The van der Waals surface area contributed by atoms with Gasteiger partial charge >= 0.3 is 6.18 Å². The summed E-state index contributed by atoms with van der Waals surface area (Å²) in [6.45, 7) is -0.0247. The molecule has 1 atom stereocenters. The number of hydrogen-bond acceptors (Lipinski definition) is 5. The third-order valence-corrected chi connectivity index (χ3v) is 8.47. The topological polar surface area (TPSA) is 76.1 Å². The maximum absolute atomic E-state index is 14.5. The number of anilines is 1. The number of alkyl halides is 3. The van der Waals surface area contributed by atoms with E-state index in [4.69, 9.17) is 9.47 Å². The van der Waals surface area contributed by atoms with Crippen molar-refractivity contribution < 1.29 is 45.0 Å². The van der Waals surface area contributed by atoms with Crippen molar-refractivity contribution in [1.29, 1.82) is 0 Å². The molecule has 0 aromatic heterocycles. The zero-order valence-corrected chi connectivity index (χ0v) is 20.5. The molecule has 5 rings (SSSR count). The molecule has 2 aliphatic heterocycles. The third kappa shape index (κ3) is 4.83. The van der Waals surface area contributed by atoms with Gasteiger partial charge in [-0.15, -0.1) is 0 Å². The molecule has 12 heteroatoms. The molecule has 0 saturated carbocycles. The van der Waals surface area contributed by atoms with Crippen molar-refractivity contribution in [3.63, 3.8) is 0 Å². The summed E-state index contributed by atoms with van der Waals surface area (Å²) in [5, 5.41) is 9.84. The lowest BCUT2D eigenvalue weighted by molar-refractivity contribution is -0.151. The van der Waals surface area contributed by atoms with Crippen LogP contribution in [0.1, 0.15) is 12.0 Å². The molecule has 2 aliphatic rings. The normalized spacial score (nSPS) is 18.9. The summed E-state index contributed by atoms with van der Waals surface area (Å²) in [6.07, 6.45) is -5.31. The van der Waals surface area contributed by atoms with Crippen LogP contribution in [0.25, 0.3) is 11.1 Å². The Morgan fingerprint density at radius 3 is 2.45 bits per heavy atom. The maximum atomic E-state index is 14.5. The number of aliphatic hydroxyl groups is 1. The molecule has 3 aromatic rings. The van der Waals surface area contributed by atoms with Crippen molar-refractivity contribution >= 4 is 15.7 Å². The van der Waals surface area contributed by atoms with E-state index in [1.165, 1.54) is 18.2 Å². The Hall–Kier alpha value is -3.22. The van der Waals surface area contributed by atoms with Crippen LogP contribution in [0.15, 0.2) is 65.6 Å². The van der Waals surface area contributed by atoms with Crippen LogP contribution in [0.5, 0.6) is 5.75 Å². The predicted octanol–water partition coefficient (Wildman–Crippen LogP) is 5.01. The van der Waals surface area contributed by atoms with Crippen molar-refractivity contribution in [3.8, 4) is 16.9 Å². The van der Waals surface area contributed by atoms with Crippen molar-refractivity contribution in [1.82, 2.24) is 0 Å². The number of aliphatic hydroxyl groups excluding tert-OH is 1. The van der Waals surface area contributed by atoms with Crippen LogP contribution < -0.4 is 9.04 Å². The second-order valence-corrected chi connectivity index (χ2v) is 11.3. The van der Waals surface area contributed by atoms with E-state index in [-0.39, 0.29) is 55.4 Å². The molecular formula is C26H22F5NO5S. The van der Waals surface area contributed by atoms with Crippen molar-refractivity contribution in [3.05, 3.63) is 77.9 Å². The molecule has 3 aromatic carbocycles. The van der Waals surface area contributed by atoms with Crippen LogP contribution in [0.3, 0.4) is 0 Å². The van der Waals surface area contributed by atoms with Gasteiger partial charge in [0, 0.05) is 11.0 Å². The standard InChI is InChI=1S/C26H22F5NO5S/c27-18-5-6-22(28)21(10-18)16-4-7-24-23(8-16)32(12-19(37-24)11-25(13-33)14-36-15-25)38(34,35)20-3-1-2-17(9-20)26(29,30)31/h1-10,19,33H,11-15H2. The first-order valence-electron chi connectivity index (χ1n) is 11.6. The predicted molar refractivity (Wildman–Crippen MR) is 127 cm³/mol. The number of hydrogen-bond donors (Lipinski definition) is 1. The minimum absolute atomic E-state index is 0.0391. The molecule has 2 heterocycles. The van der Waals surface area contributed by atoms with Gasteiger partial charge in [0.25, 0.3) is 10.0 Å². The summed E-state index contributed by atoms with van der Waals surface area (Å²) >= 11 is 0. The fraction of sp³-hybridized carbons (Fsp3) is 0.308. The molecule has 0 amide bonds. The number of nitrogens with zero attached hydrogens (tertiary/aromatic N) is 1. The van der Waals surface area contributed by atoms with E-state index in [9.17, 15) is 35.5 Å². The quantitative estimate of drug-likeness (QED) is 0.433. The van der Waals surface area contributed by atoms with Gasteiger partial charge < -0.3 is 14.6 Å². The molecule has 0 aliphatic carbocycles. The minimum atomic E-state index is -4.77. The largest absolute Gasteiger partial charge is 0.486 e.